The normalized spacial score (nSPS) is 12.2. The van der Waals surface area contributed by atoms with Crippen LogP contribution in [0.3, 0.4) is 0 Å². The largest absolute Gasteiger partial charge is 0.378 e. The van der Waals surface area contributed by atoms with Gasteiger partial charge in [0.05, 0.1) is 11.4 Å². The fourth-order valence-corrected chi connectivity index (χ4v) is 1.95. The first-order valence-electron chi connectivity index (χ1n) is 6.84. The fraction of sp³-hybridized carbons (Fsp3) is 0.375. The highest BCUT2D eigenvalue weighted by Gasteiger charge is 2.06. The summed E-state index contributed by atoms with van der Waals surface area (Å²) in [6, 6.07) is 8.88. The van der Waals surface area contributed by atoms with Gasteiger partial charge in [0.2, 0.25) is 0 Å². The number of aryl methyl sites for hydroxylation is 1. The van der Waals surface area contributed by atoms with Crippen LogP contribution in [-0.2, 0) is 6.54 Å². The number of benzene rings is 1. The van der Waals surface area contributed by atoms with Crippen molar-refractivity contribution < 1.29 is 0 Å². The van der Waals surface area contributed by atoms with Crippen LogP contribution in [0.4, 0.5) is 5.69 Å². The highest BCUT2D eigenvalue weighted by Crippen LogP contribution is 2.17. The van der Waals surface area contributed by atoms with Crippen molar-refractivity contribution in [2.75, 3.05) is 19.0 Å². The number of nitrogens with zero attached hydrogens (tertiary/aromatic N) is 3. The molecule has 1 unspecified atom stereocenters. The molecular weight excluding hydrogens is 248 g/mol. The second-order valence-corrected chi connectivity index (χ2v) is 5.24. The van der Waals surface area contributed by atoms with Crippen molar-refractivity contribution in [3.05, 3.63) is 53.6 Å². The molecule has 0 aliphatic heterocycles. The van der Waals surface area contributed by atoms with Crippen LogP contribution in [0.5, 0.6) is 0 Å². The molecule has 0 saturated carbocycles. The van der Waals surface area contributed by atoms with Gasteiger partial charge < -0.3 is 10.2 Å². The molecule has 1 atom stereocenters. The van der Waals surface area contributed by atoms with Crippen molar-refractivity contribution in [2.24, 2.45) is 0 Å². The molecule has 2 rings (SSSR count). The molecule has 0 aliphatic carbocycles. The molecule has 0 saturated heterocycles. The van der Waals surface area contributed by atoms with Crippen molar-refractivity contribution in [1.29, 1.82) is 0 Å². The lowest BCUT2D eigenvalue weighted by Crippen LogP contribution is -2.19. The minimum atomic E-state index is 0.286. The average Bonchev–Trinajstić information content (AvgIpc) is 2.46. The van der Waals surface area contributed by atoms with E-state index in [4.69, 9.17) is 0 Å². The summed E-state index contributed by atoms with van der Waals surface area (Å²) in [6.07, 6.45) is 3.62. The van der Waals surface area contributed by atoms with Crippen molar-refractivity contribution in [3.63, 3.8) is 0 Å². The molecule has 0 bridgehead atoms. The summed E-state index contributed by atoms with van der Waals surface area (Å²) in [5.41, 5.74) is 4.40. The summed E-state index contributed by atoms with van der Waals surface area (Å²) in [4.78, 5) is 10.7. The van der Waals surface area contributed by atoms with Gasteiger partial charge in [0.1, 0.15) is 0 Å². The minimum absolute atomic E-state index is 0.286. The van der Waals surface area contributed by atoms with E-state index in [-0.39, 0.29) is 6.04 Å². The Morgan fingerprint density at radius 1 is 1.10 bits per heavy atom. The molecule has 106 valence electrons. The Bertz CT molecular complexity index is 531. The van der Waals surface area contributed by atoms with E-state index < -0.39 is 0 Å². The lowest BCUT2D eigenvalue weighted by Gasteiger charge is -2.17. The summed E-state index contributed by atoms with van der Waals surface area (Å²) < 4.78 is 0. The molecule has 1 aromatic heterocycles. The predicted molar refractivity (Wildman–Crippen MR) is 82.8 cm³/mol. The summed E-state index contributed by atoms with van der Waals surface area (Å²) in [6.45, 7) is 4.83. The van der Waals surface area contributed by atoms with Crippen molar-refractivity contribution in [1.82, 2.24) is 15.3 Å². The Morgan fingerprint density at radius 3 is 2.35 bits per heavy atom. The molecule has 0 amide bonds. The highest BCUT2D eigenvalue weighted by molar-refractivity contribution is 5.46. The molecule has 0 spiro atoms. The minimum Gasteiger partial charge on any atom is -0.378 e. The van der Waals surface area contributed by atoms with E-state index >= 15 is 0 Å². The molecule has 20 heavy (non-hydrogen) atoms. The molecule has 0 aliphatic rings. The van der Waals surface area contributed by atoms with Crippen molar-refractivity contribution >= 4 is 5.69 Å². The van der Waals surface area contributed by atoms with Gasteiger partial charge in [0.15, 0.2) is 0 Å². The van der Waals surface area contributed by atoms with Crippen LogP contribution in [0, 0.1) is 6.92 Å². The van der Waals surface area contributed by atoms with Crippen LogP contribution in [-0.4, -0.2) is 24.1 Å². The first-order chi connectivity index (χ1) is 9.56. The SMILES string of the molecule is Cc1cnc(CNC(C)c2ccc(N(C)C)cc2)cn1. The van der Waals surface area contributed by atoms with E-state index in [0.29, 0.717) is 0 Å². The average molecular weight is 270 g/mol. The van der Waals surface area contributed by atoms with Gasteiger partial charge in [0, 0.05) is 44.8 Å². The standard InChI is InChI=1S/C16H22N4/c1-12-9-19-15(10-17-12)11-18-13(2)14-5-7-16(8-6-14)20(3)4/h5-10,13,18H,11H2,1-4H3. The third-order valence-corrected chi connectivity index (χ3v) is 3.33. The number of nitrogens with one attached hydrogen (secondary N) is 1. The first kappa shape index (κ1) is 14.5. The Balaban J connectivity index is 1.94. The van der Waals surface area contributed by atoms with Crippen LogP contribution >= 0.6 is 0 Å². The van der Waals surface area contributed by atoms with Crippen molar-refractivity contribution in [2.45, 2.75) is 26.4 Å². The lowest BCUT2D eigenvalue weighted by molar-refractivity contribution is 0.566. The third kappa shape index (κ3) is 3.78. The molecule has 4 heteroatoms. The van der Waals surface area contributed by atoms with Gasteiger partial charge in [-0.05, 0) is 31.5 Å². The van der Waals surface area contributed by atoms with Gasteiger partial charge in [-0.15, -0.1) is 0 Å². The number of aromatic nitrogens is 2. The van der Waals surface area contributed by atoms with Crippen molar-refractivity contribution in [3.8, 4) is 0 Å². The fourth-order valence-electron chi connectivity index (χ4n) is 1.95. The van der Waals surface area contributed by atoms with Crippen LogP contribution in [0.2, 0.25) is 0 Å². The van der Waals surface area contributed by atoms with Gasteiger partial charge in [0.25, 0.3) is 0 Å². The molecule has 1 heterocycles. The maximum absolute atomic E-state index is 4.35. The van der Waals surface area contributed by atoms with Crippen LogP contribution < -0.4 is 10.2 Å². The molecule has 4 nitrogen and oxygen atoms in total. The third-order valence-electron chi connectivity index (χ3n) is 3.33. The molecule has 1 N–H and O–H groups in total. The number of hydrogen-bond donors (Lipinski definition) is 1. The number of anilines is 1. The summed E-state index contributed by atoms with van der Waals surface area (Å²) in [5, 5.41) is 3.47. The topological polar surface area (TPSA) is 41.1 Å². The second-order valence-electron chi connectivity index (χ2n) is 5.24. The van der Waals surface area contributed by atoms with Crippen LogP contribution in [0.25, 0.3) is 0 Å². The van der Waals surface area contributed by atoms with E-state index in [0.717, 1.165) is 17.9 Å². The summed E-state index contributed by atoms with van der Waals surface area (Å²) in [7, 11) is 4.10. The first-order valence-corrected chi connectivity index (χ1v) is 6.84. The summed E-state index contributed by atoms with van der Waals surface area (Å²) >= 11 is 0. The Hall–Kier alpha value is -1.94. The maximum Gasteiger partial charge on any atom is 0.0724 e. The van der Waals surface area contributed by atoms with Gasteiger partial charge in [-0.1, -0.05) is 12.1 Å². The zero-order valence-corrected chi connectivity index (χ0v) is 12.6. The zero-order chi connectivity index (χ0) is 14.5. The van der Waals surface area contributed by atoms with E-state index in [2.05, 4.69) is 51.4 Å². The van der Waals surface area contributed by atoms with Crippen LogP contribution in [0.1, 0.15) is 29.9 Å². The number of rotatable bonds is 5. The Labute approximate surface area is 120 Å². The Morgan fingerprint density at radius 2 is 1.80 bits per heavy atom. The molecule has 0 radical (unpaired) electrons. The molecular formula is C16H22N4. The molecule has 1 aromatic carbocycles. The monoisotopic (exact) mass is 270 g/mol. The van der Waals surface area contributed by atoms with Gasteiger partial charge in [-0.2, -0.15) is 0 Å². The van der Waals surface area contributed by atoms with E-state index in [1.54, 1.807) is 6.20 Å². The molecule has 2 aromatic rings. The maximum atomic E-state index is 4.35. The van der Waals surface area contributed by atoms with Gasteiger partial charge in [-0.3, -0.25) is 9.97 Å². The van der Waals surface area contributed by atoms with Gasteiger partial charge >= 0.3 is 0 Å². The van der Waals surface area contributed by atoms with Crippen LogP contribution in [0.15, 0.2) is 36.7 Å². The van der Waals surface area contributed by atoms with E-state index in [9.17, 15) is 0 Å². The lowest BCUT2D eigenvalue weighted by atomic mass is 10.1. The number of hydrogen-bond acceptors (Lipinski definition) is 4. The predicted octanol–water partition coefficient (Wildman–Crippen LogP) is 2.70. The van der Waals surface area contributed by atoms with E-state index in [1.807, 2.05) is 27.2 Å². The van der Waals surface area contributed by atoms with E-state index in [1.165, 1.54) is 11.3 Å². The molecule has 0 fully saturated rings. The smallest absolute Gasteiger partial charge is 0.0724 e. The highest BCUT2D eigenvalue weighted by atomic mass is 15.1. The Kier molecular flexibility index (Phi) is 4.69. The quantitative estimate of drug-likeness (QED) is 0.907. The zero-order valence-electron chi connectivity index (χ0n) is 12.6. The van der Waals surface area contributed by atoms with Gasteiger partial charge in [-0.25, -0.2) is 0 Å². The second kappa shape index (κ2) is 6.48. The summed E-state index contributed by atoms with van der Waals surface area (Å²) in [5.74, 6) is 0.